The number of fused-ring (bicyclic) bond motifs is 2. The number of hydrogen-bond donors (Lipinski definition) is 2. The van der Waals surface area contributed by atoms with E-state index in [1.165, 1.54) is 6.07 Å². The van der Waals surface area contributed by atoms with E-state index < -0.39 is 17.6 Å². The van der Waals surface area contributed by atoms with Crippen LogP contribution in [0, 0.1) is 5.82 Å². The number of benzene rings is 2. The number of aromatic amines is 1. The molecule has 1 aliphatic heterocycles. The first-order chi connectivity index (χ1) is 15.5. The fourth-order valence-corrected chi connectivity index (χ4v) is 4.49. The zero-order valence-electron chi connectivity index (χ0n) is 17.9. The lowest BCUT2D eigenvalue weighted by Gasteiger charge is -2.10. The van der Waals surface area contributed by atoms with Crippen LogP contribution in [0.3, 0.4) is 0 Å². The standard InChI is InChI=1S/C25H23FN4O2/c1-29(2)11-6-12-30-14-17(21-18(26)8-5-10-20(21)30)23-22(24(31)28-25(23)32)16-13-27-19-9-4-3-7-15(16)19/h3-5,7-10,13-14,27H,6,11-12H2,1-2H3,(H,28,31,32). The quantitative estimate of drug-likeness (QED) is 0.458. The molecule has 0 radical (unpaired) electrons. The second-order valence-electron chi connectivity index (χ2n) is 8.31. The van der Waals surface area contributed by atoms with Crippen molar-refractivity contribution in [3.63, 3.8) is 0 Å². The summed E-state index contributed by atoms with van der Waals surface area (Å²) in [6.07, 6.45) is 4.39. The zero-order chi connectivity index (χ0) is 22.4. The van der Waals surface area contributed by atoms with E-state index in [0.29, 0.717) is 28.6 Å². The molecule has 162 valence electrons. The second kappa shape index (κ2) is 7.76. The molecule has 0 aliphatic carbocycles. The fraction of sp³-hybridized carbons (Fsp3) is 0.200. The predicted molar refractivity (Wildman–Crippen MR) is 123 cm³/mol. The maximum atomic E-state index is 15.0. The van der Waals surface area contributed by atoms with Crippen LogP contribution in [-0.2, 0) is 16.1 Å². The highest BCUT2D eigenvalue weighted by Gasteiger charge is 2.35. The molecule has 7 heteroatoms. The molecule has 0 saturated carbocycles. The lowest BCUT2D eigenvalue weighted by atomic mass is 9.95. The molecule has 0 saturated heterocycles. The third kappa shape index (κ3) is 3.22. The van der Waals surface area contributed by atoms with Crippen LogP contribution in [0.1, 0.15) is 17.5 Å². The van der Waals surface area contributed by atoms with E-state index in [1.807, 2.05) is 49.0 Å². The van der Waals surface area contributed by atoms with Gasteiger partial charge in [0.05, 0.1) is 16.7 Å². The molecule has 3 heterocycles. The molecule has 5 rings (SSSR count). The summed E-state index contributed by atoms with van der Waals surface area (Å²) in [6.45, 7) is 1.55. The Hall–Kier alpha value is -3.71. The van der Waals surface area contributed by atoms with Crippen molar-refractivity contribution in [1.82, 2.24) is 19.8 Å². The highest BCUT2D eigenvalue weighted by atomic mass is 19.1. The average molecular weight is 430 g/mol. The maximum absolute atomic E-state index is 15.0. The number of amides is 2. The Bertz CT molecular complexity index is 1410. The molecule has 0 atom stereocenters. The van der Waals surface area contributed by atoms with Gasteiger partial charge in [0.1, 0.15) is 5.82 Å². The van der Waals surface area contributed by atoms with E-state index in [-0.39, 0.29) is 11.1 Å². The van der Waals surface area contributed by atoms with E-state index in [9.17, 15) is 9.59 Å². The van der Waals surface area contributed by atoms with Crippen LogP contribution in [0.15, 0.2) is 54.9 Å². The number of nitrogens with zero attached hydrogens (tertiary/aromatic N) is 2. The lowest BCUT2D eigenvalue weighted by molar-refractivity contribution is -0.122. The van der Waals surface area contributed by atoms with Crippen LogP contribution in [0.2, 0.25) is 0 Å². The maximum Gasteiger partial charge on any atom is 0.259 e. The van der Waals surface area contributed by atoms with Crippen molar-refractivity contribution in [3.05, 3.63) is 71.8 Å². The van der Waals surface area contributed by atoms with Gasteiger partial charge in [-0.25, -0.2) is 4.39 Å². The minimum Gasteiger partial charge on any atom is -0.361 e. The van der Waals surface area contributed by atoms with Crippen LogP contribution in [0.5, 0.6) is 0 Å². The molecule has 32 heavy (non-hydrogen) atoms. The van der Waals surface area contributed by atoms with Gasteiger partial charge in [0, 0.05) is 46.4 Å². The smallest absolute Gasteiger partial charge is 0.259 e. The first-order valence-corrected chi connectivity index (χ1v) is 10.5. The molecule has 4 aromatic rings. The van der Waals surface area contributed by atoms with Crippen LogP contribution < -0.4 is 5.32 Å². The molecular weight excluding hydrogens is 407 g/mol. The van der Waals surface area contributed by atoms with Crippen molar-refractivity contribution < 1.29 is 14.0 Å². The first-order valence-electron chi connectivity index (χ1n) is 10.5. The summed E-state index contributed by atoms with van der Waals surface area (Å²) < 4.78 is 17.0. The molecule has 2 amide bonds. The van der Waals surface area contributed by atoms with Crippen molar-refractivity contribution in [1.29, 1.82) is 0 Å². The van der Waals surface area contributed by atoms with Gasteiger partial charge in [0.15, 0.2) is 0 Å². The van der Waals surface area contributed by atoms with Gasteiger partial charge < -0.3 is 14.5 Å². The van der Waals surface area contributed by atoms with Gasteiger partial charge in [-0.2, -0.15) is 0 Å². The number of halogens is 1. The Labute approximate surface area is 184 Å². The van der Waals surface area contributed by atoms with Crippen molar-refractivity contribution in [2.24, 2.45) is 0 Å². The van der Waals surface area contributed by atoms with Gasteiger partial charge in [-0.15, -0.1) is 0 Å². The van der Waals surface area contributed by atoms with E-state index in [2.05, 4.69) is 15.2 Å². The Morgan fingerprint density at radius 2 is 1.72 bits per heavy atom. The SMILES string of the molecule is CN(C)CCCn1cc(C2=C(c3c[nH]c4ccccc34)C(=O)NC2=O)c2c(F)cccc21. The monoisotopic (exact) mass is 430 g/mol. The molecule has 0 fully saturated rings. The summed E-state index contributed by atoms with van der Waals surface area (Å²) in [5, 5.41) is 3.61. The number of imide groups is 1. The molecule has 1 aliphatic rings. The van der Waals surface area contributed by atoms with E-state index in [4.69, 9.17) is 0 Å². The molecule has 0 bridgehead atoms. The molecule has 0 spiro atoms. The number of aryl methyl sites for hydroxylation is 1. The van der Waals surface area contributed by atoms with Crippen LogP contribution >= 0.6 is 0 Å². The van der Waals surface area contributed by atoms with Gasteiger partial charge in [-0.05, 0) is 45.3 Å². The summed E-state index contributed by atoms with van der Waals surface area (Å²) in [4.78, 5) is 31.1. The van der Waals surface area contributed by atoms with Crippen molar-refractivity contribution in [2.45, 2.75) is 13.0 Å². The molecule has 2 N–H and O–H groups in total. The van der Waals surface area contributed by atoms with Crippen molar-refractivity contribution in [3.8, 4) is 0 Å². The highest BCUT2D eigenvalue weighted by Crippen LogP contribution is 2.39. The number of para-hydroxylation sites is 1. The molecule has 2 aromatic heterocycles. The van der Waals surface area contributed by atoms with Crippen LogP contribution in [0.25, 0.3) is 33.0 Å². The van der Waals surface area contributed by atoms with Crippen LogP contribution in [-0.4, -0.2) is 46.9 Å². The molecule has 0 unspecified atom stereocenters. The third-order valence-electron chi connectivity index (χ3n) is 5.92. The highest BCUT2D eigenvalue weighted by molar-refractivity contribution is 6.50. The van der Waals surface area contributed by atoms with Gasteiger partial charge >= 0.3 is 0 Å². The predicted octanol–water partition coefficient (Wildman–Crippen LogP) is 3.78. The van der Waals surface area contributed by atoms with Gasteiger partial charge in [-0.3, -0.25) is 14.9 Å². The Morgan fingerprint density at radius 1 is 0.969 bits per heavy atom. The zero-order valence-corrected chi connectivity index (χ0v) is 17.9. The van der Waals surface area contributed by atoms with E-state index >= 15 is 4.39 Å². The molecular formula is C25H23FN4O2. The van der Waals surface area contributed by atoms with E-state index in [0.717, 1.165) is 23.9 Å². The summed E-state index contributed by atoms with van der Waals surface area (Å²) in [6, 6.07) is 12.5. The number of carbonyl (C=O) groups excluding carboxylic acids is 2. The number of carbonyl (C=O) groups is 2. The molecule has 2 aromatic carbocycles. The van der Waals surface area contributed by atoms with Crippen LogP contribution in [0.4, 0.5) is 4.39 Å². The number of H-pyrrole nitrogens is 1. The van der Waals surface area contributed by atoms with Crippen molar-refractivity contribution in [2.75, 3.05) is 20.6 Å². The largest absolute Gasteiger partial charge is 0.361 e. The number of aromatic nitrogens is 2. The second-order valence-corrected chi connectivity index (χ2v) is 8.31. The number of hydrogen-bond acceptors (Lipinski definition) is 3. The fourth-order valence-electron chi connectivity index (χ4n) is 4.49. The Balaban J connectivity index is 1.74. The topological polar surface area (TPSA) is 70.1 Å². The molecule has 6 nitrogen and oxygen atoms in total. The number of nitrogens with one attached hydrogen (secondary N) is 2. The number of rotatable bonds is 6. The average Bonchev–Trinajstić information content (AvgIpc) is 3.41. The lowest BCUT2D eigenvalue weighted by Crippen LogP contribution is -2.22. The Kier molecular flexibility index (Phi) is 4.90. The summed E-state index contributed by atoms with van der Waals surface area (Å²) >= 11 is 0. The van der Waals surface area contributed by atoms with Crippen molar-refractivity contribution >= 4 is 44.8 Å². The third-order valence-corrected chi connectivity index (χ3v) is 5.92. The van der Waals surface area contributed by atoms with Gasteiger partial charge in [-0.1, -0.05) is 24.3 Å². The van der Waals surface area contributed by atoms with Gasteiger partial charge in [0.2, 0.25) is 0 Å². The minimum atomic E-state index is -0.508. The normalized spacial score (nSPS) is 14.4. The summed E-state index contributed by atoms with van der Waals surface area (Å²) in [5.74, 6) is -1.40. The summed E-state index contributed by atoms with van der Waals surface area (Å²) in [5.41, 5.74) is 3.11. The van der Waals surface area contributed by atoms with E-state index in [1.54, 1.807) is 18.5 Å². The van der Waals surface area contributed by atoms with Gasteiger partial charge in [0.25, 0.3) is 11.8 Å². The summed E-state index contributed by atoms with van der Waals surface area (Å²) in [7, 11) is 4.01. The Morgan fingerprint density at radius 3 is 2.50 bits per heavy atom. The first kappa shape index (κ1) is 20.2. The minimum absolute atomic E-state index is 0.209.